The predicted molar refractivity (Wildman–Crippen MR) is 94.4 cm³/mol. The van der Waals surface area contributed by atoms with Crippen LogP contribution in [-0.4, -0.2) is 24.5 Å². The predicted octanol–water partition coefficient (Wildman–Crippen LogP) is 3.84. The number of halogens is 1. The molecule has 0 aliphatic carbocycles. The van der Waals surface area contributed by atoms with Gasteiger partial charge in [-0.25, -0.2) is 19.3 Å². The van der Waals surface area contributed by atoms with E-state index in [1.54, 1.807) is 30.9 Å². The molecule has 0 amide bonds. The standard InChI is InChI=1S/C19H18FN5/c1-13(10-14-6-7-21-18-17(14)23-12-24-18)11-25-9-8-22-19(25)15-4-2-3-5-16(15)20/h2-9,12-13H,10-11H2,1H3,(H,21,23,24). The summed E-state index contributed by atoms with van der Waals surface area (Å²) in [7, 11) is 0. The molecule has 1 N–H and O–H groups in total. The fourth-order valence-corrected chi connectivity index (χ4v) is 3.19. The van der Waals surface area contributed by atoms with Gasteiger partial charge in [-0.15, -0.1) is 0 Å². The Bertz CT molecular complexity index is 1000. The summed E-state index contributed by atoms with van der Waals surface area (Å²) in [6.07, 6.45) is 7.94. The Kier molecular flexibility index (Phi) is 4.01. The highest BCUT2D eigenvalue weighted by molar-refractivity contribution is 5.73. The van der Waals surface area contributed by atoms with Crippen molar-refractivity contribution in [1.29, 1.82) is 0 Å². The second-order valence-electron chi connectivity index (χ2n) is 6.26. The van der Waals surface area contributed by atoms with E-state index in [1.165, 1.54) is 11.6 Å². The van der Waals surface area contributed by atoms with E-state index in [-0.39, 0.29) is 5.82 Å². The molecule has 0 saturated heterocycles. The van der Waals surface area contributed by atoms with Crippen molar-refractivity contribution in [2.75, 3.05) is 0 Å². The third-order valence-electron chi connectivity index (χ3n) is 4.32. The van der Waals surface area contributed by atoms with E-state index in [4.69, 9.17) is 0 Å². The van der Waals surface area contributed by atoms with Crippen LogP contribution in [-0.2, 0) is 13.0 Å². The fraction of sp³-hybridized carbons (Fsp3) is 0.211. The van der Waals surface area contributed by atoms with Crippen molar-refractivity contribution >= 4 is 11.2 Å². The van der Waals surface area contributed by atoms with Gasteiger partial charge >= 0.3 is 0 Å². The summed E-state index contributed by atoms with van der Waals surface area (Å²) < 4.78 is 16.1. The van der Waals surface area contributed by atoms with Crippen LogP contribution in [0.1, 0.15) is 12.5 Å². The molecule has 4 rings (SSSR count). The molecule has 126 valence electrons. The highest BCUT2D eigenvalue weighted by Crippen LogP contribution is 2.23. The van der Waals surface area contributed by atoms with E-state index in [0.717, 1.165) is 24.1 Å². The number of benzene rings is 1. The largest absolute Gasteiger partial charge is 0.343 e. The van der Waals surface area contributed by atoms with E-state index in [2.05, 4.69) is 26.9 Å². The van der Waals surface area contributed by atoms with Gasteiger partial charge in [-0.3, -0.25) is 0 Å². The first-order valence-corrected chi connectivity index (χ1v) is 8.25. The van der Waals surface area contributed by atoms with Crippen LogP contribution in [0.25, 0.3) is 22.6 Å². The number of imidazole rings is 2. The molecule has 1 unspecified atom stereocenters. The Balaban J connectivity index is 1.56. The molecule has 3 aromatic heterocycles. The maximum absolute atomic E-state index is 14.1. The zero-order valence-corrected chi connectivity index (χ0v) is 13.9. The number of aromatic amines is 1. The van der Waals surface area contributed by atoms with Gasteiger partial charge in [0.05, 0.1) is 17.4 Å². The van der Waals surface area contributed by atoms with Gasteiger partial charge in [-0.05, 0) is 36.1 Å². The van der Waals surface area contributed by atoms with Crippen LogP contribution in [0.3, 0.4) is 0 Å². The van der Waals surface area contributed by atoms with Gasteiger partial charge in [0.15, 0.2) is 5.65 Å². The van der Waals surface area contributed by atoms with Crippen molar-refractivity contribution in [2.24, 2.45) is 5.92 Å². The second-order valence-corrected chi connectivity index (χ2v) is 6.26. The van der Waals surface area contributed by atoms with Crippen molar-refractivity contribution in [1.82, 2.24) is 24.5 Å². The van der Waals surface area contributed by atoms with Gasteiger partial charge < -0.3 is 9.55 Å². The van der Waals surface area contributed by atoms with Crippen molar-refractivity contribution < 1.29 is 4.39 Å². The molecule has 1 atom stereocenters. The third-order valence-corrected chi connectivity index (χ3v) is 4.32. The Morgan fingerprint density at radius 3 is 2.88 bits per heavy atom. The molecule has 25 heavy (non-hydrogen) atoms. The van der Waals surface area contributed by atoms with E-state index in [9.17, 15) is 4.39 Å². The lowest BCUT2D eigenvalue weighted by molar-refractivity contribution is 0.482. The van der Waals surface area contributed by atoms with Gasteiger partial charge in [0.1, 0.15) is 11.6 Å². The smallest absolute Gasteiger partial charge is 0.177 e. The van der Waals surface area contributed by atoms with Gasteiger partial charge in [-0.1, -0.05) is 19.1 Å². The van der Waals surface area contributed by atoms with Crippen molar-refractivity contribution in [3.05, 3.63) is 66.6 Å². The highest BCUT2D eigenvalue weighted by atomic mass is 19.1. The minimum Gasteiger partial charge on any atom is -0.343 e. The van der Waals surface area contributed by atoms with Crippen molar-refractivity contribution in [2.45, 2.75) is 19.9 Å². The molecule has 0 aliphatic rings. The second kappa shape index (κ2) is 6.47. The SMILES string of the molecule is CC(Cc1ccnc2nc[nH]c12)Cn1ccnc1-c1ccccc1F. The molecule has 5 nitrogen and oxygen atoms in total. The number of nitrogens with zero attached hydrogens (tertiary/aromatic N) is 4. The third kappa shape index (κ3) is 3.03. The zero-order chi connectivity index (χ0) is 17.2. The quantitative estimate of drug-likeness (QED) is 0.603. The Labute approximate surface area is 144 Å². The summed E-state index contributed by atoms with van der Waals surface area (Å²) in [6, 6.07) is 8.75. The van der Waals surface area contributed by atoms with Crippen LogP contribution >= 0.6 is 0 Å². The molecule has 3 heterocycles. The monoisotopic (exact) mass is 335 g/mol. The van der Waals surface area contributed by atoms with Crippen LogP contribution in [0.2, 0.25) is 0 Å². The summed E-state index contributed by atoms with van der Waals surface area (Å²) in [4.78, 5) is 16.0. The highest BCUT2D eigenvalue weighted by Gasteiger charge is 2.14. The Morgan fingerprint density at radius 1 is 1.12 bits per heavy atom. The molecule has 4 aromatic rings. The molecule has 0 radical (unpaired) electrons. The Morgan fingerprint density at radius 2 is 2.00 bits per heavy atom. The number of rotatable bonds is 5. The van der Waals surface area contributed by atoms with Crippen LogP contribution < -0.4 is 0 Å². The number of H-pyrrole nitrogens is 1. The van der Waals surface area contributed by atoms with Gasteiger partial charge in [0, 0.05) is 25.1 Å². The van der Waals surface area contributed by atoms with Crippen molar-refractivity contribution in [3.63, 3.8) is 0 Å². The first kappa shape index (κ1) is 15.5. The average molecular weight is 335 g/mol. The lowest BCUT2D eigenvalue weighted by atomic mass is 10.0. The molecular weight excluding hydrogens is 317 g/mol. The molecular formula is C19H18FN5. The number of nitrogens with one attached hydrogen (secondary N) is 1. The minimum atomic E-state index is -0.254. The summed E-state index contributed by atoms with van der Waals surface area (Å²) in [5.41, 5.74) is 3.43. The zero-order valence-electron chi connectivity index (χ0n) is 13.9. The summed E-state index contributed by atoms with van der Waals surface area (Å²) in [5, 5.41) is 0. The lowest BCUT2D eigenvalue weighted by Gasteiger charge is -2.15. The summed E-state index contributed by atoms with van der Waals surface area (Å²) in [5.74, 6) is 0.746. The normalized spacial score (nSPS) is 12.6. The van der Waals surface area contributed by atoms with Gasteiger partial charge in [0.2, 0.25) is 0 Å². The number of hydrogen-bond donors (Lipinski definition) is 1. The van der Waals surface area contributed by atoms with E-state index in [0.29, 0.717) is 17.3 Å². The topological polar surface area (TPSA) is 59.4 Å². The van der Waals surface area contributed by atoms with Crippen LogP contribution in [0, 0.1) is 11.7 Å². The average Bonchev–Trinajstić information content (AvgIpc) is 3.25. The molecule has 0 spiro atoms. The summed E-state index contributed by atoms with van der Waals surface area (Å²) in [6.45, 7) is 2.93. The minimum absolute atomic E-state index is 0.254. The van der Waals surface area contributed by atoms with Gasteiger partial charge in [-0.2, -0.15) is 0 Å². The molecule has 0 saturated carbocycles. The van der Waals surface area contributed by atoms with E-state index < -0.39 is 0 Å². The molecule has 0 bridgehead atoms. The molecule has 6 heteroatoms. The van der Waals surface area contributed by atoms with Crippen LogP contribution in [0.4, 0.5) is 4.39 Å². The molecule has 1 aromatic carbocycles. The number of fused-ring (bicyclic) bond motifs is 1. The first-order valence-electron chi connectivity index (χ1n) is 8.25. The van der Waals surface area contributed by atoms with E-state index in [1.807, 2.05) is 22.9 Å². The van der Waals surface area contributed by atoms with Crippen LogP contribution in [0.5, 0.6) is 0 Å². The van der Waals surface area contributed by atoms with Crippen LogP contribution in [0.15, 0.2) is 55.2 Å². The Hall–Kier alpha value is -3.02. The van der Waals surface area contributed by atoms with Gasteiger partial charge in [0.25, 0.3) is 0 Å². The molecule has 0 fully saturated rings. The fourth-order valence-electron chi connectivity index (χ4n) is 3.19. The molecule has 0 aliphatic heterocycles. The number of aromatic nitrogens is 5. The van der Waals surface area contributed by atoms with E-state index >= 15 is 0 Å². The lowest BCUT2D eigenvalue weighted by Crippen LogP contribution is -2.11. The van der Waals surface area contributed by atoms with Crippen molar-refractivity contribution in [3.8, 4) is 11.4 Å². The maximum Gasteiger partial charge on any atom is 0.177 e. The number of pyridine rings is 1. The number of hydrogen-bond acceptors (Lipinski definition) is 3. The maximum atomic E-state index is 14.1. The summed E-state index contributed by atoms with van der Waals surface area (Å²) >= 11 is 0. The first-order chi connectivity index (χ1) is 12.2.